The average molecular weight is 436 g/mol. The number of aromatic nitrogens is 2. The Bertz CT molecular complexity index is 979. The minimum Gasteiger partial charge on any atom is -0.449 e. The van der Waals surface area contributed by atoms with Gasteiger partial charge in [0.2, 0.25) is 0 Å². The van der Waals surface area contributed by atoms with E-state index in [2.05, 4.69) is 10.2 Å². The van der Waals surface area contributed by atoms with Crippen LogP contribution in [0.1, 0.15) is 40.4 Å². The lowest BCUT2D eigenvalue weighted by Crippen LogP contribution is -2.15. The summed E-state index contributed by atoms with van der Waals surface area (Å²) in [6.45, 7) is 1.29. The van der Waals surface area contributed by atoms with Crippen LogP contribution in [0.5, 0.6) is 0 Å². The molecule has 0 spiro atoms. The fraction of sp³-hybridized carbons (Fsp3) is 0.235. The van der Waals surface area contributed by atoms with E-state index in [1.54, 1.807) is 17.5 Å². The summed E-state index contributed by atoms with van der Waals surface area (Å²) in [5.74, 6) is -1.42. The molecule has 0 bridgehead atoms. The molecule has 5 nitrogen and oxygen atoms in total. The lowest BCUT2D eigenvalue weighted by molar-refractivity contribution is -0.143. The number of alkyl halides is 6. The Hall–Kier alpha value is -2.89. The van der Waals surface area contributed by atoms with Gasteiger partial charge in [0.25, 0.3) is 11.8 Å². The van der Waals surface area contributed by atoms with Crippen molar-refractivity contribution < 1.29 is 40.3 Å². The summed E-state index contributed by atoms with van der Waals surface area (Å²) in [6.07, 6.45) is -11.4. The van der Waals surface area contributed by atoms with Gasteiger partial charge < -0.3 is 9.15 Å². The molecule has 0 amide bonds. The molecule has 0 aliphatic heterocycles. The Morgan fingerprint density at radius 3 is 2.21 bits per heavy atom. The first-order valence-corrected chi connectivity index (χ1v) is 8.71. The smallest absolute Gasteiger partial charge is 0.416 e. The van der Waals surface area contributed by atoms with Crippen LogP contribution < -0.4 is 0 Å². The largest absolute Gasteiger partial charge is 0.449 e. The van der Waals surface area contributed by atoms with Crippen molar-refractivity contribution in [3.63, 3.8) is 0 Å². The summed E-state index contributed by atoms with van der Waals surface area (Å²) in [6, 6.07) is 3.93. The Balaban J connectivity index is 1.84. The van der Waals surface area contributed by atoms with Crippen molar-refractivity contribution in [2.24, 2.45) is 0 Å². The van der Waals surface area contributed by atoms with Crippen LogP contribution >= 0.6 is 11.3 Å². The van der Waals surface area contributed by atoms with Crippen LogP contribution in [-0.2, 0) is 17.1 Å². The molecule has 0 N–H and O–H groups in total. The van der Waals surface area contributed by atoms with Crippen LogP contribution in [0.15, 0.2) is 40.1 Å². The summed E-state index contributed by atoms with van der Waals surface area (Å²) >= 11 is 1.30. The Morgan fingerprint density at radius 2 is 1.69 bits per heavy atom. The van der Waals surface area contributed by atoms with Crippen molar-refractivity contribution in [1.82, 2.24) is 10.2 Å². The molecule has 0 radical (unpaired) electrons. The number of ether oxygens (including phenoxy) is 1. The molecule has 0 saturated carbocycles. The highest BCUT2D eigenvalue weighted by atomic mass is 32.1. The maximum Gasteiger partial charge on any atom is 0.416 e. The highest BCUT2D eigenvalue weighted by molar-refractivity contribution is 7.13. The van der Waals surface area contributed by atoms with Gasteiger partial charge in [0.05, 0.1) is 21.6 Å². The summed E-state index contributed by atoms with van der Waals surface area (Å²) in [7, 11) is 0. The molecule has 0 aliphatic carbocycles. The Labute approximate surface area is 162 Å². The first-order chi connectivity index (χ1) is 13.4. The third-order valence-corrected chi connectivity index (χ3v) is 4.49. The Kier molecular flexibility index (Phi) is 5.39. The second kappa shape index (κ2) is 7.50. The van der Waals surface area contributed by atoms with E-state index in [1.807, 2.05) is 0 Å². The van der Waals surface area contributed by atoms with E-state index in [-0.39, 0.29) is 30.0 Å². The van der Waals surface area contributed by atoms with Crippen molar-refractivity contribution in [3.8, 4) is 10.8 Å². The number of halogens is 6. The number of hydrogen-bond acceptors (Lipinski definition) is 6. The van der Waals surface area contributed by atoms with Crippen LogP contribution in [-0.4, -0.2) is 16.2 Å². The SMILES string of the molecule is CC(OC(=O)c1cc(C(F)(F)F)cc(C(F)(F)F)c1)c1nnc(-c2cccs2)o1. The van der Waals surface area contributed by atoms with Gasteiger partial charge in [-0.15, -0.1) is 21.5 Å². The topological polar surface area (TPSA) is 65.2 Å². The maximum absolute atomic E-state index is 12.9. The minimum absolute atomic E-state index is 0.0779. The lowest BCUT2D eigenvalue weighted by atomic mass is 10.0. The van der Waals surface area contributed by atoms with Crippen LogP contribution in [0.2, 0.25) is 0 Å². The first kappa shape index (κ1) is 20.8. The monoisotopic (exact) mass is 436 g/mol. The number of hydrogen-bond donors (Lipinski definition) is 0. The minimum atomic E-state index is -5.08. The standard InChI is InChI=1S/C17H10F6N2O3S/c1-8(13-24-25-14(28-13)12-3-2-4-29-12)27-15(26)9-5-10(16(18,19)20)7-11(6-9)17(21,22)23/h2-8H,1H3. The molecule has 1 atom stereocenters. The van der Waals surface area contributed by atoms with Crippen molar-refractivity contribution in [3.05, 3.63) is 58.3 Å². The molecule has 2 aromatic heterocycles. The third-order valence-electron chi connectivity index (χ3n) is 3.63. The molecular formula is C17H10F6N2O3S. The van der Waals surface area contributed by atoms with E-state index in [0.29, 0.717) is 4.88 Å². The van der Waals surface area contributed by atoms with E-state index in [1.165, 1.54) is 18.3 Å². The van der Waals surface area contributed by atoms with E-state index < -0.39 is 41.1 Å². The fourth-order valence-corrected chi connectivity index (χ4v) is 2.89. The number of thiophene rings is 1. The van der Waals surface area contributed by atoms with E-state index in [0.717, 1.165) is 0 Å². The fourth-order valence-electron chi connectivity index (χ4n) is 2.25. The number of carbonyl (C=O) groups is 1. The van der Waals surface area contributed by atoms with Crippen molar-refractivity contribution in [1.29, 1.82) is 0 Å². The molecule has 1 aromatic carbocycles. The molecule has 1 unspecified atom stereocenters. The van der Waals surface area contributed by atoms with Crippen molar-refractivity contribution >= 4 is 17.3 Å². The first-order valence-electron chi connectivity index (χ1n) is 7.83. The number of rotatable bonds is 4. The molecule has 0 fully saturated rings. The zero-order valence-electron chi connectivity index (χ0n) is 14.3. The van der Waals surface area contributed by atoms with Crippen LogP contribution in [0.3, 0.4) is 0 Å². The summed E-state index contributed by atoms with van der Waals surface area (Å²) in [5, 5.41) is 9.20. The molecule has 0 saturated heterocycles. The number of benzene rings is 1. The lowest BCUT2D eigenvalue weighted by Gasteiger charge is -2.15. The quantitative estimate of drug-likeness (QED) is 0.385. The second-order valence-corrected chi connectivity index (χ2v) is 6.71. The van der Waals surface area contributed by atoms with Crippen LogP contribution in [0.4, 0.5) is 26.3 Å². The van der Waals surface area contributed by atoms with E-state index >= 15 is 0 Å². The second-order valence-electron chi connectivity index (χ2n) is 5.76. The van der Waals surface area contributed by atoms with Gasteiger partial charge in [-0.3, -0.25) is 0 Å². The van der Waals surface area contributed by atoms with Gasteiger partial charge in [-0.05, 0) is 36.6 Å². The number of esters is 1. The summed E-state index contributed by atoms with van der Waals surface area (Å²) in [4.78, 5) is 12.8. The van der Waals surface area contributed by atoms with Crippen LogP contribution in [0, 0.1) is 0 Å². The van der Waals surface area contributed by atoms with Gasteiger partial charge in [-0.2, -0.15) is 26.3 Å². The predicted molar refractivity (Wildman–Crippen MR) is 87.9 cm³/mol. The van der Waals surface area contributed by atoms with Gasteiger partial charge in [0.1, 0.15) is 0 Å². The molecule has 0 aliphatic rings. The molecular weight excluding hydrogens is 426 g/mol. The molecule has 12 heteroatoms. The zero-order valence-corrected chi connectivity index (χ0v) is 15.2. The van der Waals surface area contributed by atoms with Gasteiger partial charge in [0.15, 0.2) is 6.10 Å². The van der Waals surface area contributed by atoms with Crippen molar-refractivity contribution in [2.75, 3.05) is 0 Å². The van der Waals surface area contributed by atoms with Gasteiger partial charge in [-0.1, -0.05) is 6.07 Å². The number of carbonyl (C=O) groups excluding carboxylic acids is 1. The van der Waals surface area contributed by atoms with E-state index in [9.17, 15) is 31.1 Å². The van der Waals surface area contributed by atoms with Gasteiger partial charge in [0, 0.05) is 0 Å². The highest BCUT2D eigenvalue weighted by Gasteiger charge is 2.38. The molecule has 3 rings (SSSR count). The molecule has 3 aromatic rings. The maximum atomic E-state index is 12.9. The van der Waals surface area contributed by atoms with Crippen LogP contribution in [0.25, 0.3) is 10.8 Å². The van der Waals surface area contributed by atoms with Crippen molar-refractivity contribution in [2.45, 2.75) is 25.4 Å². The highest BCUT2D eigenvalue weighted by Crippen LogP contribution is 2.36. The zero-order chi connectivity index (χ0) is 21.4. The molecule has 2 heterocycles. The normalized spacial score (nSPS) is 13.3. The van der Waals surface area contributed by atoms with Gasteiger partial charge in [-0.25, -0.2) is 4.79 Å². The third kappa shape index (κ3) is 4.75. The summed E-state index contributed by atoms with van der Waals surface area (Å²) < 4.78 is 87.7. The molecule has 154 valence electrons. The van der Waals surface area contributed by atoms with E-state index in [4.69, 9.17) is 9.15 Å². The van der Waals surface area contributed by atoms with Gasteiger partial charge >= 0.3 is 18.3 Å². The summed E-state index contributed by atoms with van der Waals surface area (Å²) in [5.41, 5.74) is -4.15. The Morgan fingerprint density at radius 1 is 1.07 bits per heavy atom. The molecule has 29 heavy (non-hydrogen) atoms. The number of nitrogens with zero attached hydrogens (tertiary/aromatic N) is 2. The average Bonchev–Trinajstić information content (AvgIpc) is 3.31. The predicted octanol–water partition coefficient (Wildman–Crippen LogP) is 5.75.